The molecule has 0 saturated carbocycles. The van der Waals surface area contributed by atoms with E-state index in [9.17, 15) is 0 Å². The smallest absolute Gasteiger partial charge is 0.103 e. The van der Waals surface area contributed by atoms with Crippen molar-refractivity contribution in [3.05, 3.63) is 108 Å². The van der Waals surface area contributed by atoms with E-state index in [0.29, 0.717) is 13.2 Å². The highest BCUT2D eigenvalue weighted by Gasteiger charge is 2.26. The molecule has 4 aromatic carbocycles. The summed E-state index contributed by atoms with van der Waals surface area (Å²) in [5.74, 6) is 0. The van der Waals surface area contributed by atoms with Crippen molar-refractivity contribution < 1.29 is 4.74 Å². The Kier molecular flexibility index (Phi) is 10.3. The highest BCUT2D eigenvalue weighted by Crippen LogP contribution is 2.50. The molecule has 1 aliphatic rings. The first-order chi connectivity index (χ1) is 21.7. The number of benzene rings is 4. The van der Waals surface area contributed by atoms with Gasteiger partial charge in [-0.1, -0.05) is 104 Å². The van der Waals surface area contributed by atoms with E-state index in [1.165, 1.54) is 43.1 Å². The van der Waals surface area contributed by atoms with E-state index in [-0.39, 0.29) is 0 Å². The molecule has 6 rings (SSSR count). The zero-order chi connectivity index (χ0) is 30.1. The van der Waals surface area contributed by atoms with Crippen molar-refractivity contribution in [2.45, 2.75) is 43.3 Å². The van der Waals surface area contributed by atoms with Gasteiger partial charge < -0.3 is 15.0 Å². The lowest BCUT2D eigenvalue weighted by molar-refractivity contribution is 0.0888. The minimum Gasteiger partial charge on any atom is -0.383 e. The van der Waals surface area contributed by atoms with Gasteiger partial charge in [0, 0.05) is 59.2 Å². The summed E-state index contributed by atoms with van der Waals surface area (Å²) < 4.78 is 8.31. The predicted molar refractivity (Wildman–Crippen MR) is 183 cm³/mol. The van der Waals surface area contributed by atoms with Gasteiger partial charge in [0.2, 0.25) is 0 Å². The SMILES string of the molecule is CCN(CC)CCNc1ccc2c3c(nn2CCN(CCOCc2ccccc2)Cc2ccccc2)-c2ccccc2Sc13. The van der Waals surface area contributed by atoms with Crippen LogP contribution in [0.25, 0.3) is 22.2 Å². The average molecular weight is 606 g/mol. The molecule has 0 saturated heterocycles. The topological polar surface area (TPSA) is 45.6 Å². The van der Waals surface area contributed by atoms with Crippen molar-refractivity contribution in [1.29, 1.82) is 0 Å². The zero-order valence-electron chi connectivity index (χ0n) is 25.9. The Morgan fingerprint density at radius 3 is 2.27 bits per heavy atom. The first-order valence-corrected chi connectivity index (χ1v) is 16.7. The molecule has 0 radical (unpaired) electrons. The van der Waals surface area contributed by atoms with Gasteiger partial charge in [-0.05, 0) is 42.4 Å². The first-order valence-electron chi connectivity index (χ1n) is 15.9. The molecule has 0 fully saturated rings. The Morgan fingerprint density at radius 2 is 1.50 bits per heavy atom. The van der Waals surface area contributed by atoms with Gasteiger partial charge in [-0.25, -0.2) is 0 Å². The fraction of sp³-hybridized carbons (Fsp3) is 0.324. The molecular formula is C37H43N5OS. The summed E-state index contributed by atoms with van der Waals surface area (Å²) in [5, 5.41) is 10.3. The summed E-state index contributed by atoms with van der Waals surface area (Å²) in [6.45, 7) is 13.3. The van der Waals surface area contributed by atoms with E-state index in [1.807, 2.05) is 17.8 Å². The van der Waals surface area contributed by atoms with Gasteiger partial charge in [-0.2, -0.15) is 5.10 Å². The molecule has 0 amide bonds. The summed E-state index contributed by atoms with van der Waals surface area (Å²) in [6.07, 6.45) is 0. The second kappa shape index (κ2) is 14.9. The molecule has 1 aromatic heterocycles. The van der Waals surface area contributed by atoms with Gasteiger partial charge in [0.25, 0.3) is 0 Å². The van der Waals surface area contributed by atoms with E-state index in [0.717, 1.165) is 58.1 Å². The second-order valence-corrected chi connectivity index (χ2v) is 12.3. The molecule has 0 bridgehead atoms. The van der Waals surface area contributed by atoms with Crippen LogP contribution in [0.15, 0.2) is 107 Å². The highest BCUT2D eigenvalue weighted by molar-refractivity contribution is 8.00. The molecular weight excluding hydrogens is 563 g/mol. The molecule has 0 aliphatic carbocycles. The fourth-order valence-electron chi connectivity index (χ4n) is 5.90. The van der Waals surface area contributed by atoms with Gasteiger partial charge >= 0.3 is 0 Å². The molecule has 0 atom stereocenters. The van der Waals surface area contributed by atoms with Crippen molar-refractivity contribution in [3.63, 3.8) is 0 Å². The lowest BCUT2D eigenvalue weighted by Crippen LogP contribution is -2.30. The van der Waals surface area contributed by atoms with Crippen LogP contribution in [0.5, 0.6) is 0 Å². The number of hydrogen-bond donors (Lipinski definition) is 1. The van der Waals surface area contributed by atoms with Crippen LogP contribution in [0.3, 0.4) is 0 Å². The molecule has 6 nitrogen and oxygen atoms in total. The van der Waals surface area contributed by atoms with Gasteiger partial charge in [0.05, 0.1) is 25.3 Å². The van der Waals surface area contributed by atoms with Gasteiger partial charge in [-0.3, -0.25) is 9.58 Å². The van der Waals surface area contributed by atoms with Gasteiger partial charge in [0.15, 0.2) is 0 Å². The Hall–Kier alpha value is -3.62. The Bertz CT molecular complexity index is 1630. The zero-order valence-corrected chi connectivity index (χ0v) is 26.7. The first kappa shape index (κ1) is 30.4. The van der Waals surface area contributed by atoms with Crippen LogP contribution in [0.2, 0.25) is 0 Å². The number of anilines is 1. The van der Waals surface area contributed by atoms with Crippen molar-refractivity contribution in [1.82, 2.24) is 19.6 Å². The highest BCUT2D eigenvalue weighted by atomic mass is 32.2. The number of rotatable bonds is 16. The van der Waals surface area contributed by atoms with E-state index < -0.39 is 0 Å². The summed E-state index contributed by atoms with van der Waals surface area (Å²) in [4.78, 5) is 7.50. The van der Waals surface area contributed by atoms with Crippen LogP contribution in [0.1, 0.15) is 25.0 Å². The van der Waals surface area contributed by atoms with Crippen molar-refractivity contribution >= 4 is 28.4 Å². The van der Waals surface area contributed by atoms with Crippen LogP contribution in [-0.4, -0.2) is 65.5 Å². The number of fused-ring (bicyclic) bond motifs is 2. The van der Waals surface area contributed by atoms with Crippen molar-refractivity contribution in [2.24, 2.45) is 0 Å². The van der Waals surface area contributed by atoms with Crippen LogP contribution in [0, 0.1) is 0 Å². The largest absolute Gasteiger partial charge is 0.383 e. The van der Waals surface area contributed by atoms with E-state index in [1.54, 1.807) is 0 Å². The molecule has 5 aromatic rings. The Labute approximate surface area is 266 Å². The number of nitrogens with zero attached hydrogens (tertiary/aromatic N) is 4. The third-order valence-corrected chi connectivity index (χ3v) is 9.61. The molecule has 1 aliphatic heterocycles. The number of likely N-dealkylation sites (N-methyl/N-ethyl adjacent to an activating group) is 1. The Balaban J connectivity index is 1.21. The quantitative estimate of drug-likeness (QED) is 0.114. The van der Waals surface area contributed by atoms with Crippen LogP contribution >= 0.6 is 11.8 Å². The maximum absolute atomic E-state index is 6.09. The van der Waals surface area contributed by atoms with Gasteiger partial charge in [-0.15, -0.1) is 0 Å². The number of hydrogen-bond acceptors (Lipinski definition) is 6. The molecule has 228 valence electrons. The third-order valence-electron chi connectivity index (χ3n) is 8.40. The molecule has 44 heavy (non-hydrogen) atoms. The average Bonchev–Trinajstić information content (AvgIpc) is 3.45. The third kappa shape index (κ3) is 7.19. The van der Waals surface area contributed by atoms with E-state index in [4.69, 9.17) is 9.84 Å². The molecule has 1 N–H and O–H groups in total. The minimum absolute atomic E-state index is 0.637. The molecule has 2 heterocycles. The maximum atomic E-state index is 6.09. The lowest BCUT2D eigenvalue weighted by Gasteiger charge is -2.23. The Morgan fingerprint density at radius 1 is 0.773 bits per heavy atom. The normalized spacial score (nSPS) is 12.3. The van der Waals surface area contributed by atoms with Crippen molar-refractivity contribution in [3.8, 4) is 11.3 Å². The molecule has 7 heteroatoms. The van der Waals surface area contributed by atoms with E-state index in [2.05, 4.69) is 125 Å². The molecule has 0 unspecified atom stereocenters. The van der Waals surface area contributed by atoms with Crippen LogP contribution < -0.4 is 5.32 Å². The fourth-order valence-corrected chi connectivity index (χ4v) is 7.10. The second-order valence-electron chi connectivity index (χ2n) is 11.3. The monoisotopic (exact) mass is 605 g/mol. The summed E-state index contributed by atoms with van der Waals surface area (Å²) in [7, 11) is 0. The number of nitrogens with one attached hydrogen (secondary N) is 1. The number of ether oxygens (including phenoxy) is 1. The summed E-state index contributed by atoms with van der Waals surface area (Å²) in [6, 6.07) is 34.3. The lowest BCUT2D eigenvalue weighted by atomic mass is 10.1. The standard InChI is InChI=1S/C37H43N5OS/c1-3-40(4-2)22-21-38-32-19-20-33-35-36(31-17-11-12-18-34(31)44-37(32)35)39-42(33)24-23-41(27-29-13-7-5-8-14-29)25-26-43-28-30-15-9-6-10-16-30/h5-20,38H,3-4,21-28H2,1-2H3. The maximum Gasteiger partial charge on any atom is 0.103 e. The van der Waals surface area contributed by atoms with E-state index >= 15 is 0 Å². The molecule has 0 spiro atoms. The number of aromatic nitrogens is 2. The summed E-state index contributed by atoms with van der Waals surface area (Å²) in [5.41, 5.74) is 7.24. The van der Waals surface area contributed by atoms with Crippen LogP contribution in [-0.2, 0) is 24.4 Å². The predicted octanol–water partition coefficient (Wildman–Crippen LogP) is 7.64. The summed E-state index contributed by atoms with van der Waals surface area (Å²) >= 11 is 1.87. The minimum atomic E-state index is 0.637. The van der Waals surface area contributed by atoms with Crippen molar-refractivity contribution in [2.75, 3.05) is 51.2 Å². The van der Waals surface area contributed by atoms with Crippen LogP contribution in [0.4, 0.5) is 5.69 Å². The van der Waals surface area contributed by atoms with Gasteiger partial charge in [0.1, 0.15) is 5.69 Å².